The van der Waals surface area contributed by atoms with Crippen LogP contribution in [0.5, 0.6) is 0 Å². The van der Waals surface area contributed by atoms with Crippen LogP contribution in [0.25, 0.3) is 22.2 Å². The third kappa shape index (κ3) is 7.00. The first-order chi connectivity index (χ1) is 19.0. The van der Waals surface area contributed by atoms with Crippen LogP contribution in [0.15, 0.2) is 24.4 Å². The summed E-state index contributed by atoms with van der Waals surface area (Å²) in [6.07, 6.45) is 4.31. The molecule has 3 heterocycles. The lowest BCUT2D eigenvalue weighted by Crippen LogP contribution is -2.42. The Morgan fingerprint density at radius 3 is 2.58 bits per heavy atom. The number of carbonyl (C=O) groups excluding carboxylic acids is 1. The second-order valence-corrected chi connectivity index (χ2v) is 12.0. The minimum absolute atomic E-state index is 0.0946. The average molecular weight is 577 g/mol. The number of aromatic nitrogens is 3. The molecule has 2 aromatic heterocycles. The summed E-state index contributed by atoms with van der Waals surface area (Å²) in [5.74, 6) is -1.24. The van der Waals surface area contributed by atoms with Crippen molar-refractivity contribution < 1.29 is 26.7 Å². The van der Waals surface area contributed by atoms with Gasteiger partial charge in [-0.05, 0) is 56.9 Å². The number of anilines is 1. The summed E-state index contributed by atoms with van der Waals surface area (Å²) in [4.78, 5) is 25.0. The first-order valence-electron chi connectivity index (χ1n) is 13.2. The minimum Gasteiger partial charge on any atom is -0.450 e. The SMILES string of the molecule is CCCCOC(=O)NC(C)c1cc(C)nc2c(F)cc(-c3nc(NC4CCN(S(C)(=O)=O)CC4)ncc3F)cc12. The molecule has 1 fully saturated rings. The van der Waals surface area contributed by atoms with Gasteiger partial charge in [0.2, 0.25) is 16.0 Å². The maximum absolute atomic E-state index is 15.4. The van der Waals surface area contributed by atoms with Crippen LogP contribution in [0.1, 0.15) is 56.8 Å². The van der Waals surface area contributed by atoms with Crippen LogP contribution < -0.4 is 10.6 Å². The van der Waals surface area contributed by atoms with E-state index in [1.165, 1.54) is 16.6 Å². The van der Waals surface area contributed by atoms with Gasteiger partial charge < -0.3 is 15.4 Å². The van der Waals surface area contributed by atoms with Crippen LogP contribution in [0, 0.1) is 18.6 Å². The van der Waals surface area contributed by atoms with Crippen molar-refractivity contribution in [3.05, 3.63) is 47.3 Å². The van der Waals surface area contributed by atoms with Crippen molar-refractivity contribution >= 4 is 33.0 Å². The molecule has 3 aromatic rings. The molecular weight excluding hydrogens is 542 g/mol. The molecule has 0 spiro atoms. The summed E-state index contributed by atoms with van der Waals surface area (Å²) in [6.45, 7) is 6.48. The molecule has 1 amide bonds. The zero-order valence-corrected chi connectivity index (χ0v) is 23.8. The third-order valence-electron chi connectivity index (χ3n) is 6.83. The number of nitrogens with zero attached hydrogens (tertiary/aromatic N) is 4. The van der Waals surface area contributed by atoms with E-state index in [0.717, 1.165) is 19.0 Å². The highest BCUT2D eigenvalue weighted by atomic mass is 32.2. The Balaban J connectivity index is 1.62. The number of pyridine rings is 1. The topological polar surface area (TPSA) is 126 Å². The van der Waals surface area contributed by atoms with E-state index in [2.05, 4.69) is 25.6 Å². The molecular formula is C27H34F2N6O4S. The molecule has 1 aliphatic rings. The number of alkyl carbamates (subject to hydrolysis) is 1. The number of sulfonamides is 1. The molecule has 1 unspecified atom stereocenters. The van der Waals surface area contributed by atoms with Crippen LogP contribution in [0.4, 0.5) is 19.5 Å². The zero-order chi connectivity index (χ0) is 29.0. The molecule has 1 aliphatic heterocycles. The van der Waals surface area contributed by atoms with Crippen molar-refractivity contribution in [3.63, 3.8) is 0 Å². The molecule has 40 heavy (non-hydrogen) atoms. The Morgan fingerprint density at radius 1 is 1.18 bits per heavy atom. The molecule has 10 nitrogen and oxygen atoms in total. The van der Waals surface area contributed by atoms with Crippen LogP contribution in [-0.2, 0) is 14.8 Å². The molecule has 13 heteroatoms. The van der Waals surface area contributed by atoms with Crippen molar-refractivity contribution in [2.75, 3.05) is 31.3 Å². The fourth-order valence-electron chi connectivity index (χ4n) is 4.70. The number of unbranched alkanes of at least 4 members (excludes halogenated alkanes) is 1. The molecule has 0 aliphatic carbocycles. The molecule has 1 aromatic carbocycles. The Morgan fingerprint density at radius 2 is 1.90 bits per heavy atom. The number of aryl methyl sites for hydroxylation is 1. The zero-order valence-electron chi connectivity index (χ0n) is 23.0. The Hall–Kier alpha value is -3.45. The minimum atomic E-state index is -3.26. The number of nitrogens with one attached hydrogen (secondary N) is 2. The van der Waals surface area contributed by atoms with Crippen molar-refractivity contribution in [2.24, 2.45) is 0 Å². The Kier molecular flexibility index (Phi) is 9.14. The van der Waals surface area contributed by atoms with Crippen LogP contribution >= 0.6 is 0 Å². The van der Waals surface area contributed by atoms with E-state index in [9.17, 15) is 17.6 Å². The quantitative estimate of drug-likeness (QED) is 0.351. The fraction of sp³-hybridized carbons (Fsp3) is 0.481. The van der Waals surface area contributed by atoms with Gasteiger partial charge in [-0.2, -0.15) is 0 Å². The van der Waals surface area contributed by atoms with Gasteiger partial charge >= 0.3 is 6.09 Å². The van der Waals surface area contributed by atoms with Crippen LogP contribution in [0.2, 0.25) is 0 Å². The van der Waals surface area contributed by atoms with Gasteiger partial charge in [0.05, 0.1) is 25.1 Å². The molecule has 4 rings (SSSR count). The van der Waals surface area contributed by atoms with Crippen LogP contribution in [-0.4, -0.2) is 65.8 Å². The lowest BCUT2D eigenvalue weighted by Gasteiger charge is -2.30. The van der Waals surface area contributed by atoms with Gasteiger partial charge in [-0.15, -0.1) is 0 Å². The maximum Gasteiger partial charge on any atom is 0.407 e. The number of hydrogen-bond donors (Lipinski definition) is 2. The van der Waals surface area contributed by atoms with Gasteiger partial charge in [-0.1, -0.05) is 13.3 Å². The molecule has 1 saturated heterocycles. The smallest absolute Gasteiger partial charge is 0.407 e. The van der Waals surface area contributed by atoms with E-state index < -0.39 is 33.8 Å². The molecule has 0 radical (unpaired) electrons. The van der Waals surface area contributed by atoms with Gasteiger partial charge in [0.1, 0.15) is 17.0 Å². The van der Waals surface area contributed by atoms with E-state index in [0.29, 0.717) is 49.2 Å². The number of ether oxygens (including phenoxy) is 1. The summed E-state index contributed by atoms with van der Waals surface area (Å²) in [7, 11) is -3.26. The third-order valence-corrected chi connectivity index (χ3v) is 8.14. The highest BCUT2D eigenvalue weighted by Gasteiger charge is 2.26. The standard InChI is InChI=1S/C27H34F2N6O4S/c1-5-6-11-39-27(36)32-17(3)20-12-16(2)31-25-21(20)13-18(14-22(25)28)24-23(29)15-30-26(34-24)33-19-7-9-35(10-8-19)40(4,37)38/h12-15,17,19H,5-11H2,1-4H3,(H,32,36)(H,30,33,34). The molecule has 0 saturated carbocycles. The summed E-state index contributed by atoms with van der Waals surface area (Å²) in [5, 5.41) is 6.32. The summed E-state index contributed by atoms with van der Waals surface area (Å²) in [5.41, 5.74) is 1.34. The van der Waals surface area contributed by atoms with E-state index >= 15 is 4.39 Å². The number of carbonyl (C=O) groups is 1. The molecule has 0 bridgehead atoms. The monoisotopic (exact) mass is 576 g/mol. The first-order valence-corrected chi connectivity index (χ1v) is 15.1. The number of benzene rings is 1. The number of hydrogen-bond acceptors (Lipinski definition) is 8. The van der Waals surface area contributed by atoms with Gasteiger partial charge in [0.25, 0.3) is 0 Å². The highest BCUT2D eigenvalue weighted by Crippen LogP contribution is 2.32. The number of piperidine rings is 1. The Bertz CT molecular complexity index is 1500. The lowest BCUT2D eigenvalue weighted by molar-refractivity contribution is 0.141. The van der Waals surface area contributed by atoms with E-state index in [4.69, 9.17) is 4.74 Å². The van der Waals surface area contributed by atoms with Gasteiger partial charge in [-0.25, -0.2) is 36.3 Å². The van der Waals surface area contributed by atoms with E-state index in [1.54, 1.807) is 26.0 Å². The second kappa shape index (κ2) is 12.4. The first kappa shape index (κ1) is 29.5. The van der Waals surface area contributed by atoms with Crippen LogP contribution in [0.3, 0.4) is 0 Å². The number of halogens is 2. The summed E-state index contributed by atoms with van der Waals surface area (Å²) in [6, 6.07) is 3.87. The average Bonchev–Trinajstić information content (AvgIpc) is 2.89. The summed E-state index contributed by atoms with van der Waals surface area (Å²) < 4.78 is 60.5. The van der Waals surface area contributed by atoms with Gasteiger partial charge in [0.15, 0.2) is 5.82 Å². The Labute approximate surface area is 232 Å². The highest BCUT2D eigenvalue weighted by molar-refractivity contribution is 7.88. The number of fused-ring (bicyclic) bond motifs is 1. The van der Waals surface area contributed by atoms with Crippen molar-refractivity contribution in [1.82, 2.24) is 24.6 Å². The van der Waals surface area contributed by atoms with Gasteiger partial charge in [-0.3, -0.25) is 4.98 Å². The number of amides is 1. The summed E-state index contributed by atoms with van der Waals surface area (Å²) >= 11 is 0. The second-order valence-electron chi connectivity index (χ2n) is 10.0. The molecule has 1 atom stereocenters. The van der Waals surface area contributed by atoms with Crippen molar-refractivity contribution in [2.45, 2.75) is 58.5 Å². The van der Waals surface area contributed by atoms with E-state index in [-0.39, 0.29) is 28.8 Å². The van der Waals surface area contributed by atoms with Crippen molar-refractivity contribution in [1.29, 1.82) is 0 Å². The van der Waals surface area contributed by atoms with Crippen molar-refractivity contribution in [3.8, 4) is 11.3 Å². The fourth-order valence-corrected chi connectivity index (χ4v) is 5.57. The van der Waals surface area contributed by atoms with Gasteiger partial charge in [0, 0.05) is 35.8 Å². The molecule has 216 valence electrons. The largest absolute Gasteiger partial charge is 0.450 e. The maximum atomic E-state index is 15.4. The predicted molar refractivity (Wildman–Crippen MR) is 148 cm³/mol. The molecule has 2 N–H and O–H groups in total. The number of rotatable bonds is 9. The normalized spacial score (nSPS) is 15.7. The predicted octanol–water partition coefficient (Wildman–Crippen LogP) is 4.70. The van der Waals surface area contributed by atoms with E-state index in [1.807, 2.05) is 6.92 Å². The lowest BCUT2D eigenvalue weighted by atomic mass is 9.98.